The highest BCUT2D eigenvalue weighted by Gasteiger charge is 2.29. The molecule has 3 nitrogen and oxygen atoms in total. The van der Waals surface area contributed by atoms with Crippen LogP contribution < -0.4 is 0 Å². The van der Waals surface area contributed by atoms with Gasteiger partial charge in [0.25, 0.3) is 0 Å². The van der Waals surface area contributed by atoms with Crippen LogP contribution in [0.15, 0.2) is 24.3 Å². The fourth-order valence-corrected chi connectivity index (χ4v) is 2.76. The van der Waals surface area contributed by atoms with Gasteiger partial charge in [0, 0.05) is 0 Å². The average molecular weight is 289 g/mol. The molecular formula is C18H25O3. The number of hydrogen-bond donors (Lipinski definition) is 0. The standard InChI is InChI=1S/C18H25O3/c1-12(2)15-6-8-16(9-7-15)18(19)21-20-17-10-5-13(3)11-14(17)4/h6-9,12-14H,5,10-11H2,1-4H3. The summed E-state index contributed by atoms with van der Waals surface area (Å²) in [4.78, 5) is 22.3. The van der Waals surface area contributed by atoms with Crippen LogP contribution >= 0.6 is 0 Å². The highest BCUT2D eigenvalue weighted by atomic mass is 17.2. The van der Waals surface area contributed by atoms with Gasteiger partial charge in [-0.2, -0.15) is 4.89 Å². The molecule has 0 heterocycles. The lowest BCUT2D eigenvalue weighted by Crippen LogP contribution is -2.23. The number of carbonyl (C=O) groups excluding carboxylic acids is 1. The van der Waals surface area contributed by atoms with Gasteiger partial charge < -0.3 is 0 Å². The van der Waals surface area contributed by atoms with E-state index in [9.17, 15) is 4.79 Å². The first-order valence-electron chi connectivity index (χ1n) is 7.82. The second-order valence-electron chi connectivity index (χ2n) is 6.48. The maximum Gasteiger partial charge on any atom is 0.373 e. The van der Waals surface area contributed by atoms with E-state index in [1.807, 2.05) is 12.1 Å². The van der Waals surface area contributed by atoms with Crippen molar-refractivity contribution in [1.29, 1.82) is 0 Å². The molecular weight excluding hydrogens is 264 g/mol. The zero-order chi connectivity index (χ0) is 15.4. The summed E-state index contributed by atoms with van der Waals surface area (Å²) in [5.74, 6) is 1.09. The maximum atomic E-state index is 12.0. The van der Waals surface area contributed by atoms with Crippen LogP contribution in [0.3, 0.4) is 0 Å². The molecule has 1 aliphatic carbocycles. The number of carbonyl (C=O) groups is 1. The molecule has 1 aliphatic rings. The highest BCUT2D eigenvalue weighted by Crippen LogP contribution is 2.35. The lowest BCUT2D eigenvalue weighted by Gasteiger charge is -2.29. The molecule has 1 aromatic rings. The fourth-order valence-electron chi connectivity index (χ4n) is 2.76. The molecule has 0 amide bonds. The summed E-state index contributed by atoms with van der Waals surface area (Å²) in [6.45, 7) is 8.61. The van der Waals surface area contributed by atoms with Crippen LogP contribution in [0.1, 0.15) is 68.8 Å². The van der Waals surface area contributed by atoms with Crippen LogP contribution in [0, 0.1) is 17.9 Å². The summed E-state index contributed by atoms with van der Waals surface area (Å²) >= 11 is 0. The van der Waals surface area contributed by atoms with Crippen LogP contribution in [-0.4, -0.2) is 5.97 Å². The van der Waals surface area contributed by atoms with Gasteiger partial charge in [-0.3, -0.25) is 4.89 Å². The van der Waals surface area contributed by atoms with Gasteiger partial charge in [-0.05, 0) is 54.7 Å². The van der Waals surface area contributed by atoms with E-state index in [1.54, 1.807) is 12.1 Å². The van der Waals surface area contributed by atoms with Crippen LogP contribution in [0.5, 0.6) is 0 Å². The third kappa shape index (κ3) is 4.31. The van der Waals surface area contributed by atoms with E-state index in [0.717, 1.165) is 25.4 Å². The molecule has 0 spiro atoms. The summed E-state index contributed by atoms with van der Waals surface area (Å²) in [7, 11) is 0. The minimum atomic E-state index is -0.427. The summed E-state index contributed by atoms with van der Waals surface area (Å²) in [5, 5.41) is 0. The molecule has 0 saturated heterocycles. The number of benzene rings is 1. The third-order valence-corrected chi connectivity index (χ3v) is 4.23. The molecule has 1 aromatic carbocycles. The Morgan fingerprint density at radius 2 is 1.86 bits per heavy atom. The Kier molecular flexibility index (Phi) is 5.40. The summed E-state index contributed by atoms with van der Waals surface area (Å²) in [6.07, 6.45) is 3.96. The average Bonchev–Trinajstić information content (AvgIpc) is 2.46. The molecule has 2 unspecified atom stereocenters. The van der Waals surface area contributed by atoms with Gasteiger partial charge in [0.1, 0.15) is 0 Å². The van der Waals surface area contributed by atoms with E-state index in [4.69, 9.17) is 9.78 Å². The van der Waals surface area contributed by atoms with Crippen LogP contribution in [0.25, 0.3) is 0 Å². The SMILES string of the molecule is CC1CC[C](OOC(=O)c2ccc(C(C)C)cc2)C(C)C1. The summed E-state index contributed by atoms with van der Waals surface area (Å²) in [5.41, 5.74) is 1.73. The van der Waals surface area contributed by atoms with Crippen molar-refractivity contribution in [2.75, 3.05) is 0 Å². The molecule has 0 bridgehead atoms. The summed E-state index contributed by atoms with van der Waals surface area (Å²) < 4.78 is 0. The lowest BCUT2D eigenvalue weighted by molar-refractivity contribution is -0.247. The van der Waals surface area contributed by atoms with E-state index in [2.05, 4.69) is 27.7 Å². The normalized spacial score (nSPS) is 23.3. The largest absolute Gasteiger partial charge is 0.373 e. The Morgan fingerprint density at radius 3 is 2.43 bits per heavy atom. The van der Waals surface area contributed by atoms with E-state index in [-0.39, 0.29) is 0 Å². The molecule has 2 rings (SSSR count). The molecule has 0 N–H and O–H groups in total. The Morgan fingerprint density at radius 1 is 1.19 bits per heavy atom. The molecule has 3 heteroatoms. The van der Waals surface area contributed by atoms with Crippen molar-refractivity contribution in [2.45, 2.75) is 52.9 Å². The molecule has 0 aromatic heterocycles. The van der Waals surface area contributed by atoms with Gasteiger partial charge in [-0.1, -0.05) is 39.8 Å². The second kappa shape index (κ2) is 7.08. The molecule has 1 fully saturated rings. The first-order valence-corrected chi connectivity index (χ1v) is 7.82. The third-order valence-electron chi connectivity index (χ3n) is 4.23. The molecule has 2 atom stereocenters. The van der Waals surface area contributed by atoms with Crippen LogP contribution in [-0.2, 0) is 9.78 Å². The van der Waals surface area contributed by atoms with Crippen molar-refractivity contribution >= 4 is 5.97 Å². The van der Waals surface area contributed by atoms with Gasteiger partial charge in [0.2, 0.25) is 0 Å². The quantitative estimate of drug-likeness (QED) is 0.585. The van der Waals surface area contributed by atoms with Crippen molar-refractivity contribution in [3.05, 3.63) is 41.5 Å². The lowest BCUT2D eigenvalue weighted by atomic mass is 9.81. The second-order valence-corrected chi connectivity index (χ2v) is 6.48. The van der Waals surface area contributed by atoms with Gasteiger partial charge in [0.05, 0.1) is 5.56 Å². The zero-order valence-electron chi connectivity index (χ0n) is 13.4. The number of hydrogen-bond acceptors (Lipinski definition) is 3. The number of rotatable bonds is 4. The predicted octanol–water partition coefficient (Wildman–Crippen LogP) is 4.89. The van der Waals surface area contributed by atoms with Crippen LogP contribution in [0.2, 0.25) is 0 Å². The van der Waals surface area contributed by atoms with E-state index in [1.165, 1.54) is 5.56 Å². The van der Waals surface area contributed by atoms with Gasteiger partial charge in [-0.25, -0.2) is 4.79 Å². The van der Waals surface area contributed by atoms with Crippen molar-refractivity contribution in [3.8, 4) is 0 Å². The van der Waals surface area contributed by atoms with E-state index < -0.39 is 5.97 Å². The zero-order valence-corrected chi connectivity index (χ0v) is 13.4. The Balaban J connectivity index is 1.87. The fraction of sp³-hybridized carbons (Fsp3) is 0.556. The Hall–Kier alpha value is -1.35. The highest BCUT2D eigenvalue weighted by molar-refractivity contribution is 5.88. The molecule has 115 valence electrons. The molecule has 1 radical (unpaired) electrons. The predicted molar refractivity (Wildman–Crippen MR) is 82.5 cm³/mol. The first kappa shape index (κ1) is 16.0. The molecule has 21 heavy (non-hydrogen) atoms. The smallest absolute Gasteiger partial charge is 0.292 e. The van der Waals surface area contributed by atoms with E-state index in [0.29, 0.717) is 23.3 Å². The van der Waals surface area contributed by atoms with E-state index >= 15 is 0 Å². The van der Waals surface area contributed by atoms with Crippen molar-refractivity contribution in [3.63, 3.8) is 0 Å². The monoisotopic (exact) mass is 289 g/mol. The molecule has 1 saturated carbocycles. The minimum Gasteiger partial charge on any atom is -0.292 e. The maximum absolute atomic E-state index is 12.0. The van der Waals surface area contributed by atoms with Crippen molar-refractivity contribution < 1.29 is 14.6 Å². The topological polar surface area (TPSA) is 35.5 Å². The van der Waals surface area contributed by atoms with Gasteiger partial charge in [-0.15, -0.1) is 0 Å². The van der Waals surface area contributed by atoms with Gasteiger partial charge >= 0.3 is 5.97 Å². The Labute approximate surface area is 127 Å². The summed E-state index contributed by atoms with van der Waals surface area (Å²) in [6, 6.07) is 7.49. The minimum absolute atomic E-state index is 0.352. The van der Waals surface area contributed by atoms with Crippen molar-refractivity contribution in [2.24, 2.45) is 11.8 Å². The molecule has 0 aliphatic heterocycles. The van der Waals surface area contributed by atoms with Crippen LogP contribution in [0.4, 0.5) is 0 Å². The Bertz CT molecular complexity index is 464. The first-order chi connectivity index (χ1) is 9.97. The van der Waals surface area contributed by atoms with Crippen molar-refractivity contribution in [1.82, 2.24) is 0 Å². The van der Waals surface area contributed by atoms with Gasteiger partial charge in [0.15, 0.2) is 6.10 Å².